The van der Waals surface area contributed by atoms with Gasteiger partial charge in [0.1, 0.15) is 11.6 Å². The molecule has 0 aliphatic heterocycles. The summed E-state index contributed by atoms with van der Waals surface area (Å²) in [7, 11) is -2.57. The zero-order valence-corrected chi connectivity index (χ0v) is 17.4. The van der Waals surface area contributed by atoms with Gasteiger partial charge in [-0.2, -0.15) is 0 Å². The molecule has 3 aromatic rings. The molecule has 0 aliphatic carbocycles. The van der Waals surface area contributed by atoms with E-state index in [1.807, 2.05) is 0 Å². The molecule has 1 atom stereocenters. The van der Waals surface area contributed by atoms with E-state index in [1.165, 1.54) is 49.6 Å². The lowest BCUT2D eigenvalue weighted by Crippen LogP contribution is -2.28. The number of sulfonamides is 1. The first kappa shape index (κ1) is 22.3. The number of amides is 1. The summed E-state index contributed by atoms with van der Waals surface area (Å²) in [6.07, 6.45) is -0.954. The number of anilines is 1. The molecule has 0 saturated carbocycles. The fourth-order valence-corrected chi connectivity index (χ4v) is 3.90. The second-order valence-corrected chi connectivity index (χ2v) is 8.29. The molecule has 0 radical (unpaired) electrons. The number of methoxy groups -OCH3 is 1. The van der Waals surface area contributed by atoms with Crippen LogP contribution < -0.4 is 14.8 Å². The molecule has 0 bridgehead atoms. The zero-order chi connectivity index (χ0) is 22.4. The van der Waals surface area contributed by atoms with Gasteiger partial charge in [0.25, 0.3) is 15.9 Å². The van der Waals surface area contributed by atoms with Crippen molar-refractivity contribution in [2.24, 2.45) is 0 Å². The van der Waals surface area contributed by atoms with Gasteiger partial charge in [0.2, 0.25) is 0 Å². The Balaban J connectivity index is 1.68. The van der Waals surface area contributed by atoms with Crippen LogP contribution in [0.3, 0.4) is 0 Å². The number of para-hydroxylation sites is 1. The molecule has 0 saturated heterocycles. The molecule has 162 valence electrons. The molecule has 1 amide bonds. The van der Waals surface area contributed by atoms with Gasteiger partial charge in [-0.05, 0) is 48.0 Å². The highest BCUT2D eigenvalue weighted by atomic mass is 32.2. The van der Waals surface area contributed by atoms with Crippen molar-refractivity contribution in [3.05, 3.63) is 89.7 Å². The third-order valence-electron chi connectivity index (χ3n) is 4.48. The summed E-state index contributed by atoms with van der Waals surface area (Å²) in [6, 6.07) is 17.4. The van der Waals surface area contributed by atoms with E-state index in [9.17, 15) is 22.7 Å². The highest BCUT2D eigenvalue weighted by Gasteiger charge is 2.18. The molecule has 31 heavy (non-hydrogen) atoms. The lowest BCUT2D eigenvalue weighted by molar-refractivity contribution is 0.0916. The third-order valence-corrected chi connectivity index (χ3v) is 5.84. The Bertz CT molecular complexity index is 1170. The predicted octanol–water partition coefficient (Wildman–Crippen LogP) is 3.10. The number of hydrogen-bond acceptors (Lipinski definition) is 5. The summed E-state index contributed by atoms with van der Waals surface area (Å²) in [5, 5.41) is 12.8. The normalized spacial score (nSPS) is 12.1. The molecule has 0 spiro atoms. The molecule has 7 nitrogen and oxygen atoms in total. The van der Waals surface area contributed by atoms with Gasteiger partial charge in [0.15, 0.2) is 0 Å². The van der Waals surface area contributed by atoms with Crippen LogP contribution in [0.5, 0.6) is 5.75 Å². The average Bonchev–Trinajstić information content (AvgIpc) is 2.79. The number of benzene rings is 3. The lowest BCUT2D eigenvalue weighted by atomic mass is 10.1. The van der Waals surface area contributed by atoms with Gasteiger partial charge < -0.3 is 15.2 Å². The van der Waals surface area contributed by atoms with Gasteiger partial charge in [0, 0.05) is 12.1 Å². The molecule has 0 aliphatic rings. The van der Waals surface area contributed by atoms with Crippen LogP contribution in [0.2, 0.25) is 0 Å². The molecule has 3 rings (SSSR count). The van der Waals surface area contributed by atoms with Gasteiger partial charge in [0.05, 0.1) is 23.8 Å². The third kappa shape index (κ3) is 5.59. The second-order valence-electron chi connectivity index (χ2n) is 6.61. The maximum Gasteiger partial charge on any atom is 0.262 e. The number of hydrogen-bond donors (Lipinski definition) is 3. The molecular weight excluding hydrogens is 423 g/mol. The van der Waals surface area contributed by atoms with Crippen molar-refractivity contribution < 1.29 is 27.4 Å². The van der Waals surface area contributed by atoms with Crippen LogP contribution in [-0.2, 0) is 10.0 Å². The van der Waals surface area contributed by atoms with E-state index in [2.05, 4.69) is 10.0 Å². The number of rotatable bonds is 8. The van der Waals surface area contributed by atoms with Gasteiger partial charge in [-0.25, -0.2) is 12.8 Å². The number of carbonyl (C=O) groups is 1. The summed E-state index contributed by atoms with van der Waals surface area (Å²) in [6.45, 7) is -0.0738. The maximum atomic E-state index is 13.8. The van der Waals surface area contributed by atoms with Crippen LogP contribution in [0, 0.1) is 5.82 Å². The fourth-order valence-electron chi connectivity index (χ4n) is 2.79. The number of nitrogens with one attached hydrogen (secondary N) is 2. The van der Waals surface area contributed by atoms with Crippen LogP contribution in [0.15, 0.2) is 77.7 Å². The Kier molecular flexibility index (Phi) is 6.88. The smallest absolute Gasteiger partial charge is 0.262 e. The minimum Gasteiger partial charge on any atom is -0.497 e. The first-order chi connectivity index (χ1) is 14.8. The second kappa shape index (κ2) is 9.59. The van der Waals surface area contributed by atoms with Crippen LogP contribution >= 0.6 is 0 Å². The lowest BCUT2D eigenvalue weighted by Gasteiger charge is -2.13. The van der Waals surface area contributed by atoms with Crippen molar-refractivity contribution in [2.45, 2.75) is 11.0 Å². The van der Waals surface area contributed by atoms with E-state index in [0.29, 0.717) is 11.3 Å². The van der Waals surface area contributed by atoms with Crippen LogP contribution in [-0.4, -0.2) is 33.1 Å². The van der Waals surface area contributed by atoms with E-state index >= 15 is 0 Å². The minimum atomic E-state index is -4.10. The summed E-state index contributed by atoms with van der Waals surface area (Å²) in [5.74, 6) is -0.634. The Hall–Kier alpha value is -3.43. The van der Waals surface area contributed by atoms with Crippen molar-refractivity contribution >= 4 is 21.6 Å². The Morgan fingerprint density at radius 2 is 1.77 bits per heavy atom. The highest BCUT2D eigenvalue weighted by molar-refractivity contribution is 7.92. The van der Waals surface area contributed by atoms with E-state index in [-0.39, 0.29) is 22.7 Å². The van der Waals surface area contributed by atoms with Crippen LogP contribution in [0.4, 0.5) is 10.1 Å². The zero-order valence-electron chi connectivity index (χ0n) is 16.6. The Morgan fingerprint density at radius 1 is 1.06 bits per heavy atom. The van der Waals surface area contributed by atoms with Crippen molar-refractivity contribution in [1.29, 1.82) is 0 Å². The monoisotopic (exact) mass is 444 g/mol. The first-order valence-electron chi connectivity index (χ1n) is 9.28. The summed E-state index contributed by atoms with van der Waals surface area (Å²) >= 11 is 0. The highest BCUT2D eigenvalue weighted by Crippen LogP contribution is 2.20. The largest absolute Gasteiger partial charge is 0.497 e. The molecule has 1 unspecified atom stereocenters. The molecular formula is C22H21FN2O5S. The quantitative estimate of drug-likeness (QED) is 0.495. The van der Waals surface area contributed by atoms with Gasteiger partial charge >= 0.3 is 0 Å². The van der Waals surface area contributed by atoms with Gasteiger partial charge in [-0.3, -0.25) is 9.52 Å². The SMILES string of the molecule is COc1ccc(C(O)CNC(=O)c2cccc(S(=O)(=O)Nc3ccccc3F)c2)cc1. The molecule has 3 N–H and O–H groups in total. The van der Waals surface area contributed by atoms with Gasteiger partial charge in [-0.15, -0.1) is 0 Å². The van der Waals surface area contributed by atoms with Gasteiger partial charge in [-0.1, -0.05) is 30.3 Å². The Labute approximate surface area is 179 Å². The fraction of sp³-hybridized carbons (Fsp3) is 0.136. The Morgan fingerprint density at radius 3 is 2.45 bits per heavy atom. The number of aliphatic hydroxyl groups excluding tert-OH is 1. The molecule has 0 fully saturated rings. The summed E-state index contributed by atoms with van der Waals surface area (Å²) in [5.41, 5.74) is 0.477. The van der Waals surface area contributed by atoms with Crippen LogP contribution in [0.25, 0.3) is 0 Å². The topological polar surface area (TPSA) is 105 Å². The van der Waals surface area contributed by atoms with E-state index < -0.39 is 27.9 Å². The van der Waals surface area contributed by atoms with E-state index in [1.54, 1.807) is 24.3 Å². The first-order valence-corrected chi connectivity index (χ1v) is 10.8. The molecule has 9 heteroatoms. The summed E-state index contributed by atoms with van der Waals surface area (Å²) in [4.78, 5) is 12.3. The summed E-state index contributed by atoms with van der Waals surface area (Å²) < 4.78 is 46.2. The van der Waals surface area contributed by atoms with Crippen molar-refractivity contribution in [2.75, 3.05) is 18.4 Å². The van der Waals surface area contributed by atoms with Crippen molar-refractivity contribution in [3.8, 4) is 5.75 Å². The minimum absolute atomic E-state index is 0.0738. The number of aliphatic hydroxyl groups is 1. The number of halogens is 1. The average molecular weight is 444 g/mol. The number of ether oxygens (including phenoxy) is 1. The van der Waals surface area contributed by atoms with E-state index in [0.717, 1.165) is 6.07 Å². The predicted molar refractivity (Wildman–Crippen MR) is 114 cm³/mol. The maximum absolute atomic E-state index is 13.8. The molecule has 3 aromatic carbocycles. The standard InChI is InChI=1S/C22H21FN2O5S/c1-30-17-11-9-15(10-12-17)21(26)14-24-22(27)16-5-4-6-18(13-16)31(28,29)25-20-8-3-2-7-19(20)23/h2-13,21,25-26H,14H2,1H3,(H,24,27). The van der Waals surface area contributed by atoms with Crippen LogP contribution in [0.1, 0.15) is 22.0 Å². The van der Waals surface area contributed by atoms with E-state index in [4.69, 9.17) is 4.74 Å². The number of carbonyl (C=O) groups excluding carboxylic acids is 1. The van der Waals surface area contributed by atoms with Crippen molar-refractivity contribution in [1.82, 2.24) is 5.32 Å². The van der Waals surface area contributed by atoms with Crippen molar-refractivity contribution in [3.63, 3.8) is 0 Å². The molecule has 0 heterocycles. The molecule has 0 aromatic heterocycles.